The van der Waals surface area contributed by atoms with Crippen molar-refractivity contribution in [2.24, 2.45) is 0 Å². The smallest absolute Gasteiger partial charge is 0.103 e. The van der Waals surface area contributed by atoms with E-state index in [-0.39, 0.29) is 0 Å². The van der Waals surface area contributed by atoms with Crippen molar-refractivity contribution >= 4 is 38.7 Å². The first-order valence-electron chi connectivity index (χ1n) is 6.29. The lowest BCUT2D eigenvalue weighted by Gasteiger charge is -2.08. The van der Waals surface area contributed by atoms with E-state index in [0.717, 1.165) is 20.4 Å². The van der Waals surface area contributed by atoms with Crippen molar-refractivity contribution < 1.29 is 0 Å². The molecule has 100 valence electrons. The van der Waals surface area contributed by atoms with Crippen LogP contribution in [0.15, 0.2) is 57.0 Å². The van der Waals surface area contributed by atoms with E-state index in [1.165, 1.54) is 16.0 Å². The molecule has 4 heteroatoms. The number of pyridine rings is 2. The second-order valence-corrected chi connectivity index (χ2v) is 6.70. The fourth-order valence-electron chi connectivity index (χ4n) is 2.10. The van der Waals surface area contributed by atoms with E-state index in [9.17, 15) is 0 Å². The number of hydrogen-bond donors (Lipinski definition) is 0. The van der Waals surface area contributed by atoms with Crippen LogP contribution in [-0.4, -0.2) is 9.97 Å². The second-order valence-electron chi connectivity index (χ2n) is 4.70. The summed E-state index contributed by atoms with van der Waals surface area (Å²) in [7, 11) is 0. The maximum Gasteiger partial charge on any atom is 0.103 e. The van der Waals surface area contributed by atoms with Gasteiger partial charge in [0.25, 0.3) is 0 Å². The van der Waals surface area contributed by atoms with Crippen molar-refractivity contribution in [3.05, 3.63) is 58.3 Å². The Morgan fingerprint density at radius 2 is 1.85 bits per heavy atom. The Kier molecular flexibility index (Phi) is 3.76. The molecular weight excluding hydrogens is 332 g/mol. The first-order valence-corrected chi connectivity index (χ1v) is 7.90. The van der Waals surface area contributed by atoms with Crippen molar-refractivity contribution in [1.82, 2.24) is 9.97 Å². The number of rotatable bonds is 2. The highest BCUT2D eigenvalue weighted by Gasteiger charge is 2.07. The molecule has 0 spiro atoms. The minimum absolute atomic E-state index is 0.911. The van der Waals surface area contributed by atoms with E-state index < -0.39 is 0 Å². The summed E-state index contributed by atoms with van der Waals surface area (Å²) < 4.78 is 0.950. The highest BCUT2D eigenvalue weighted by atomic mass is 79.9. The van der Waals surface area contributed by atoms with Crippen molar-refractivity contribution in [3.63, 3.8) is 0 Å². The zero-order chi connectivity index (χ0) is 14.1. The van der Waals surface area contributed by atoms with Gasteiger partial charge in [-0.15, -0.1) is 0 Å². The van der Waals surface area contributed by atoms with Crippen LogP contribution in [0.4, 0.5) is 0 Å². The van der Waals surface area contributed by atoms with Crippen LogP contribution in [0.3, 0.4) is 0 Å². The van der Waals surface area contributed by atoms with E-state index >= 15 is 0 Å². The number of aromatic nitrogens is 2. The van der Waals surface area contributed by atoms with Crippen LogP contribution in [0.25, 0.3) is 11.0 Å². The highest BCUT2D eigenvalue weighted by molar-refractivity contribution is 9.10. The van der Waals surface area contributed by atoms with Gasteiger partial charge in [0.1, 0.15) is 5.52 Å². The van der Waals surface area contributed by atoms with Gasteiger partial charge in [0.15, 0.2) is 0 Å². The average molecular weight is 345 g/mol. The summed E-state index contributed by atoms with van der Waals surface area (Å²) in [6, 6.07) is 10.5. The van der Waals surface area contributed by atoms with Gasteiger partial charge >= 0.3 is 0 Å². The molecule has 0 unspecified atom stereocenters. The van der Waals surface area contributed by atoms with E-state index in [1.807, 2.05) is 24.5 Å². The van der Waals surface area contributed by atoms with Crippen molar-refractivity contribution in [2.75, 3.05) is 0 Å². The Balaban J connectivity index is 2.06. The third kappa shape index (κ3) is 2.72. The summed E-state index contributed by atoms with van der Waals surface area (Å²) in [5.41, 5.74) is 4.43. The van der Waals surface area contributed by atoms with Crippen LogP contribution in [0.2, 0.25) is 0 Å². The van der Waals surface area contributed by atoms with E-state index in [4.69, 9.17) is 0 Å². The molecule has 0 radical (unpaired) electrons. The monoisotopic (exact) mass is 344 g/mol. The van der Waals surface area contributed by atoms with E-state index in [0.29, 0.717) is 0 Å². The van der Waals surface area contributed by atoms with Crippen molar-refractivity contribution in [1.29, 1.82) is 0 Å². The number of aryl methyl sites for hydroxylation is 2. The molecule has 0 N–H and O–H groups in total. The fourth-order valence-corrected chi connectivity index (χ4v) is 3.39. The van der Waals surface area contributed by atoms with Gasteiger partial charge in [0.05, 0.1) is 5.52 Å². The lowest BCUT2D eigenvalue weighted by atomic mass is 10.2. The maximum absolute atomic E-state index is 4.49. The standard InChI is InChI=1S/C16H13BrN2S/c1-10-3-4-14(11(2)7-10)20-15-5-6-18-13-8-12(17)9-19-16(13)15/h3-9H,1-2H3. The zero-order valence-electron chi connectivity index (χ0n) is 11.2. The number of benzene rings is 1. The quantitative estimate of drug-likeness (QED) is 0.642. The summed E-state index contributed by atoms with van der Waals surface area (Å²) >= 11 is 5.17. The molecule has 1 aromatic carbocycles. The normalized spacial score (nSPS) is 10.9. The van der Waals surface area contributed by atoms with Crippen LogP contribution >= 0.6 is 27.7 Å². The number of fused-ring (bicyclic) bond motifs is 1. The third-order valence-corrected chi connectivity index (χ3v) is 4.72. The van der Waals surface area contributed by atoms with Gasteiger partial charge in [-0.3, -0.25) is 9.97 Å². The minimum atomic E-state index is 0.911. The molecule has 3 rings (SSSR count). The summed E-state index contributed by atoms with van der Waals surface area (Å²) in [6.07, 6.45) is 3.65. The molecule has 2 nitrogen and oxygen atoms in total. The van der Waals surface area contributed by atoms with E-state index in [2.05, 4.69) is 57.9 Å². The van der Waals surface area contributed by atoms with Crippen molar-refractivity contribution in [2.45, 2.75) is 23.6 Å². The predicted molar refractivity (Wildman–Crippen MR) is 87.3 cm³/mol. The molecule has 0 bridgehead atoms. The van der Waals surface area contributed by atoms with Crippen LogP contribution in [0.1, 0.15) is 11.1 Å². The third-order valence-electron chi connectivity index (χ3n) is 3.06. The number of hydrogen-bond acceptors (Lipinski definition) is 3. The molecule has 2 aromatic heterocycles. The molecule has 2 heterocycles. The molecule has 0 aliphatic heterocycles. The van der Waals surface area contributed by atoms with E-state index in [1.54, 1.807) is 11.8 Å². The fraction of sp³-hybridized carbons (Fsp3) is 0.125. The Morgan fingerprint density at radius 1 is 1.00 bits per heavy atom. The first kappa shape index (κ1) is 13.6. The summed E-state index contributed by atoms with van der Waals surface area (Å²) in [6.45, 7) is 4.26. The van der Waals surface area contributed by atoms with Gasteiger partial charge in [-0.2, -0.15) is 0 Å². The van der Waals surface area contributed by atoms with Gasteiger partial charge < -0.3 is 0 Å². The molecular formula is C16H13BrN2S. The first-order chi connectivity index (χ1) is 9.63. The molecule has 0 fully saturated rings. The minimum Gasteiger partial charge on any atom is -0.254 e. The number of nitrogens with zero attached hydrogens (tertiary/aromatic N) is 2. The predicted octanol–water partition coefficient (Wildman–Crippen LogP) is 5.16. The van der Waals surface area contributed by atoms with Crippen LogP contribution in [0.5, 0.6) is 0 Å². The number of halogens is 1. The molecule has 20 heavy (non-hydrogen) atoms. The Bertz CT molecular complexity index is 787. The van der Waals surface area contributed by atoms with Gasteiger partial charge in [-0.1, -0.05) is 29.5 Å². The zero-order valence-corrected chi connectivity index (χ0v) is 13.6. The highest BCUT2D eigenvalue weighted by Crippen LogP contribution is 2.34. The summed E-state index contributed by atoms with van der Waals surface area (Å²) in [5.74, 6) is 0. The van der Waals surface area contributed by atoms with Gasteiger partial charge in [0, 0.05) is 26.7 Å². The van der Waals surface area contributed by atoms with Crippen LogP contribution in [0, 0.1) is 13.8 Å². The van der Waals surface area contributed by atoms with Gasteiger partial charge in [0.2, 0.25) is 0 Å². The van der Waals surface area contributed by atoms with Crippen LogP contribution < -0.4 is 0 Å². The Morgan fingerprint density at radius 3 is 2.65 bits per heavy atom. The topological polar surface area (TPSA) is 25.8 Å². The molecule has 0 amide bonds. The Hall–Kier alpha value is -1.39. The second kappa shape index (κ2) is 5.54. The molecule has 3 aromatic rings. The van der Waals surface area contributed by atoms with Gasteiger partial charge in [-0.05, 0) is 53.5 Å². The molecule has 0 aliphatic rings. The average Bonchev–Trinajstić information content (AvgIpc) is 2.41. The maximum atomic E-state index is 4.49. The largest absolute Gasteiger partial charge is 0.254 e. The molecule has 0 atom stereocenters. The Labute approximate surface area is 130 Å². The summed E-state index contributed by atoms with van der Waals surface area (Å²) in [4.78, 5) is 11.3. The molecule has 0 aliphatic carbocycles. The van der Waals surface area contributed by atoms with Gasteiger partial charge in [-0.25, -0.2) is 0 Å². The van der Waals surface area contributed by atoms with Crippen LogP contribution in [-0.2, 0) is 0 Å². The lowest BCUT2D eigenvalue weighted by molar-refractivity contribution is 1.24. The van der Waals surface area contributed by atoms with Crippen molar-refractivity contribution in [3.8, 4) is 0 Å². The summed E-state index contributed by atoms with van der Waals surface area (Å²) in [5, 5.41) is 0. The molecule has 0 saturated carbocycles. The molecule has 0 saturated heterocycles. The lowest BCUT2D eigenvalue weighted by Crippen LogP contribution is -1.87. The SMILES string of the molecule is Cc1ccc(Sc2ccnc3cc(Br)cnc23)c(C)c1.